The van der Waals surface area contributed by atoms with Gasteiger partial charge in [0.1, 0.15) is 0 Å². The van der Waals surface area contributed by atoms with Gasteiger partial charge in [0.05, 0.1) is 6.54 Å². The monoisotopic (exact) mass is 272 g/mol. The molecule has 1 aliphatic carbocycles. The quantitative estimate of drug-likeness (QED) is 0.762. The van der Waals surface area contributed by atoms with E-state index < -0.39 is 0 Å². The summed E-state index contributed by atoms with van der Waals surface area (Å²) < 4.78 is 5.68. The molecular weight excluding hydrogens is 248 g/mol. The minimum atomic E-state index is 0.123. The average Bonchev–Trinajstić information content (AvgIpc) is 2.34. The molecule has 1 saturated heterocycles. The van der Waals surface area contributed by atoms with Gasteiger partial charge in [0.25, 0.3) is 0 Å². The maximum atomic E-state index is 11.8. The molecule has 0 bridgehead atoms. The minimum absolute atomic E-state index is 0.123. The highest BCUT2D eigenvalue weighted by Crippen LogP contribution is 2.41. The molecule has 2 fully saturated rings. The van der Waals surface area contributed by atoms with Crippen LogP contribution in [-0.4, -0.2) is 49.3 Å². The number of rotatable bonds is 6. The average molecular weight is 272 g/mol. The van der Waals surface area contributed by atoms with Gasteiger partial charge in [-0.05, 0) is 31.9 Å². The van der Waals surface area contributed by atoms with Crippen LogP contribution in [0.25, 0.3) is 0 Å². The third-order valence-corrected chi connectivity index (χ3v) is 5.44. The van der Waals surface area contributed by atoms with Gasteiger partial charge in [0.15, 0.2) is 0 Å². The molecule has 2 N–H and O–H groups in total. The van der Waals surface area contributed by atoms with E-state index in [9.17, 15) is 4.79 Å². The van der Waals surface area contributed by atoms with Crippen molar-refractivity contribution >= 4 is 17.7 Å². The predicted molar refractivity (Wildman–Crippen MR) is 75.0 cm³/mol. The highest BCUT2D eigenvalue weighted by Gasteiger charge is 2.35. The first kappa shape index (κ1) is 14.2. The number of hydrogen-bond donors (Lipinski definition) is 2. The van der Waals surface area contributed by atoms with Crippen LogP contribution in [-0.2, 0) is 9.53 Å². The largest absolute Gasteiger partial charge is 0.381 e. The molecule has 0 radical (unpaired) electrons. The van der Waals surface area contributed by atoms with Crippen molar-refractivity contribution < 1.29 is 9.53 Å². The molecule has 1 heterocycles. The van der Waals surface area contributed by atoms with Gasteiger partial charge in [-0.3, -0.25) is 4.79 Å². The molecule has 0 aromatic heterocycles. The summed E-state index contributed by atoms with van der Waals surface area (Å²) in [5, 5.41) is 6.38. The van der Waals surface area contributed by atoms with Crippen LogP contribution in [0.4, 0.5) is 0 Å². The normalized spacial score (nSPS) is 23.4. The molecule has 2 aliphatic rings. The fraction of sp³-hybridized carbons (Fsp3) is 0.923. The van der Waals surface area contributed by atoms with E-state index in [1.165, 1.54) is 19.3 Å². The summed E-state index contributed by atoms with van der Waals surface area (Å²) >= 11 is 1.94. The third kappa shape index (κ3) is 3.87. The van der Waals surface area contributed by atoms with Crippen molar-refractivity contribution in [2.45, 2.75) is 42.9 Å². The molecule has 2 rings (SSSR count). The summed E-state index contributed by atoms with van der Waals surface area (Å²) in [5.41, 5.74) is 0. The van der Waals surface area contributed by atoms with Gasteiger partial charge >= 0.3 is 0 Å². The Morgan fingerprint density at radius 1 is 1.39 bits per heavy atom. The Morgan fingerprint density at radius 3 is 2.67 bits per heavy atom. The Kier molecular flexibility index (Phi) is 5.33. The van der Waals surface area contributed by atoms with Crippen LogP contribution < -0.4 is 10.6 Å². The van der Waals surface area contributed by atoms with Crippen LogP contribution >= 0.6 is 11.8 Å². The first-order valence-electron chi connectivity index (χ1n) is 6.87. The van der Waals surface area contributed by atoms with Crippen LogP contribution in [0.15, 0.2) is 0 Å². The van der Waals surface area contributed by atoms with Gasteiger partial charge in [0, 0.05) is 30.5 Å². The summed E-state index contributed by atoms with van der Waals surface area (Å²) in [7, 11) is 0. The fourth-order valence-corrected chi connectivity index (χ4v) is 3.49. The smallest absolute Gasteiger partial charge is 0.234 e. The first-order chi connectivity index (χ1) is 8.74. The van der Waals surface area contributed by atoms with Gasteiger partial charge in [-0.1, -0.05) is 6.42 Å². The number of hydrogen-bond acceptors (Lipinski definition) is 4. The number of amides is 1. The van der Waals surface area contributed by atoms with Crippen molar-refractivity contribution in [3.63, 3.8) is 0 Å². The molecule has 0 atom stereocenters. The molecule has 0 unspecified atom stereocenters. The number of carbonyl (C=O) groups is 1. The van der Waals surface area contributed by atoms with E-state index in [0.717, 1.165) is 32.6 Å². The zero-order valence-corrected chi connectivity index (χ0v) is 12.0. The molecular formula is C13H24N2O2S. The molecule has 4 nitrogen and oxygen atoms in total. The lowest BCUT2D eigenvalue weighted by Crippen LogP contribution is -2.48. The second kappa shape index (κ2) is 6.78. The summed E-state index contributed by atoms with van der Waals surface area (Å²) in [6, 6.07) is 0.311. The van der Waals surface area contributed by atoms with Crippen LogP contribution in [0.1, 0.15) is 32.1 Å². The van der Waals surface area contributed by atoms with Crippen molar-refractivity contribution in [3.05, 3.63) is 0 Å². The van der Waals surface area contributed by atoms with Crippen molar-refractivity contribution in [2.24, 2.45) is 0 Å². The molecule has 104 valence electrons. The molecule has 1 amide bonds. The molecule has 0 aromatic carbocycles. The summed E-state index contributed by atoms with van der Waals surface area (Å²) in [6.45, 7) is 2.94. The first-order valence-corrected chi connectivity index (χ1v) is 8.10. The van der Waals surface area contributed by atoms with Crippen LogP contribution in [0, 0.1) is 0 Å². The lowest BCUT2D eigenvalue weighted by Gasteiger charge is -2.40. The number of carbonyl (C=O) groups excluding carboxylic acids is 1. The lowest BCUT2D eigenvalue weighted by molar-refractivity contribution is -0.121. The zero-order valence-electron chi connectivity index (χ0n) is 11.2. The van der Waals surface area contributed by atoms with Gasteiger partial charge in [-0.2, -0.15) is 11.8 Å². The molecule has 1 aliphatic heterocycles. The Hall–Kier alpha value is -0.260. The standard InChI is InChI=1S/C13H24N2O2S/c1-18-13(5-2-6-13)10-14-9-12(16)15-11-3-7-17-8-4-11/h11,14H,2-10H2,1H3,(H,15,16). The van der Waals surface area contributed by atoms with E-state index >= 15 is 0 Å². The van der Waals surface area contributed by atoms with Crippen molar-refractivity contribution in [2.75, 3.05) is 32.6 Å². The van der Waals surface area contributed by atoms with Crippen LogP contribution in [0.3, 0.4) is 0 Å². The maximum absolute atomic E-state index is 11.8. The van der Waals surface area contributed by atoms with Gasteiger partial charge < -0.3 is 15.4 Å². The van der Waals surface area contributed by atoms with Gasteiger partial charge in [-0.15, -0.1) is 0 Å². The Morgan fingerprint density at radius 2 is 2.11 bits per heavy atom. The molecule has 0 aromatic rings. The number of thioether (sulfide) groups is 1. The highest BCUT2D eigenvalue weighted by molar-refractivity contribution is 8.00. The topological polar surface area (TPSA) is 50.4 Å². The van der Waals surface area contributed by atoms with Gasteiger partial charge in [-0.25, -0.2) is 0 Å². The Balaban J connectivity index is 1.59. The van der Waals surface area contributed by atoms with Crippen molar-refractivity contribution in [1.29, 1.82) is 0 Å². The number of ether oxygens (including phenoxy) is 1. The van der Waals surface area contributed by atoms with E-state index in [4.69, 9.17) is 4.74 Å². The Bertz CT molecular complexity index is 271. The fourth-order valence-electron chi connectivity index (χ4n) is 2.55. The molecule has 0 spiro atoms. The minimum Gasteiger partial charge on any atom is -0.381 e. The summed E-state index contributed by atoms with van der Waals surface area (Å²) in [4.78, 5) is 11.8. The van der Waals surface area contributed by atoms with E-state index in [0.29, 0.717) is 17.3 Å². The second-order valence-electron chi connectivity index (χ2n) is 5.30. The summed E-state index contributed by atoms with van der Waals surface area (Å²) in [5.74, 6) is 0.123. The van der Waals surface area contributed by atoms with E-state index in [1.807, 2.05) is 11.8 Å². The summed E-state index contributed by atoms with van der Waals surface area (Å²) in [6.07, 6.45) is 7.95. The zero-order chi connectivity index (χ0) is 12.8. The highest BCUT2D eigenvalue weighted by atomic mass is 32.2. The predicted octanol–water partition coefficient (Wildman–Crippen LogP) is 1.16. The SMILES string of the molecule is CSC1(CNCC(=O)NC2CCOCC2)CCC1. The maximum Gasteiger partial charge on any atom is 0.234 e. The van der Waals surface area contributed by atoms with Gasteiger partial charge in [0.2, 0.25) is 5.91 Å². The van der Waals surface area contributed by atoms with E-state index in [1.54, 1.807) is 0 Å². The lowest BCUT2D eigenvalue weighted by atomic mass is 9.84. The second-order valence-corrected chi connectivity index (χ2v) is 6.57. The molecule has 18 heavy (non-hydrogen) atoms. The molecule has 5 heteroatoms. The van der Waals surface area contributed by atoms with E-state index in [-0.39, 0.29) is 5.91 Å². The Labute approximate surface area is 114 Å². The molecule has 1 saturated carbocycles. The van der Waals surface area contributed by atoms with E-state index in [2.05, 4.69) is 16.9 Å². The number of nitrogens with one attached hydrogen (secondary N) is 2. The van der Waals surface area contributed by atoms with Crippen LogP contribution in [0.2, 0.25) is 0 Å². The van der Waals surface area contributed by atoms with Crippen molar-refractivity contribution in [3.8, 4) is 0 Å². The van der Waals surface area contributed by atoms with Crippen LogP contribution in [0.5, 0.6) is 0 Å². The third-order valence-electron chi connectivity index (χ3n) is 4.02. The van der Waals surface area contributed by atoms with Crippen molar-refractivity contribution in [1.82, 2.24) is 10.6 Å².